The summed E-state index contributed by atoms with van der Waals surface area (Å²) in [6.45, 7) is 4.01. The minimum Gasteiger partial charge on any atom is -0.481 e. The Balaban J connectivity index is 0. The fourth-order valence-electron chi connectivity index (χ4n) is 2.91. The largest absolute Gasteiger partial charge is 0.481 e. The minimum atomic E-state index is -0.653. The molecule has 26 heavy (non-hydrogen) atoms. The summed E-state index contributed by atoms with van der Waals surface area (Å²) in [4.78, 5) is 12.4. The first-order valence-corrected chi connectivity index (χ1v) is 11.1. The van der Waals surface area contributed by atoms with Crippen molar-refractivity contribution in [3.63, 3.8) is 0 Å². The van der Waals surface area contributed by atoms with Gasteiger partial charge in [0, 0.05) is 19.5 Å². The van der Waals surface area contributed by atoms with E-state index in [0.29, 0.717) is 6.42 Å². The Morgan fingerprint density at radius 1 is 0.731 bits per heavy atom. The van der Waals surface area contributed by atoms with Crippen molar-refractivity contribution in [3.05, 3.63) is 0 Å². The third-order valence-electron chi connectivity index (χ3n) is 4.57. The summed E-state index contributed by atoms with van der Waals surface area (Å²) in [7, 11) is 4.01. The maximum atomic E-state index is 10.3. The molecule has 3 N–H and O–H groups in total. The van der Waals surface area contributed by atoms with Gasteiger partial charge in [-0.1, -0.05) is 96.8 Å². The van der Waals surface area contributed by atoms with Gasteiger partial charge in [-0.05, 0) is 20.5 Å². The number of hydrogen-bond acceptors (Lipinski definition) is 3. The number of carboxylic acids is 1. The van der Waals surface area contributed by atoms with Crippen molar-refractivity contribution >= 4 is 5.97 Å². The Labute approximate surface area is 163 Å². The highest BCUT2D eigenvalue weighted by Gasteiger charge is 1.97. The third-order valence-corrected chi connectivity index (χ3v) is 4.57. The van der Waals surface area contributed by atoms with E-state index in [-0.39, 0.29) is 0 Å². The Hall–Kier alpha value is -0.610. The van der Waals surface area contributed by atoms with Gasteiger partial charge >= 0.3 is 5.97 Å². The molecular weight excluding hydrogens is 324 g/mol. The van der Waals surface area contributed by atoms with E-state index in [9.17, 15) is 4.79 Å². The first-order chi connectivity index (χ1) is 12.5. The fourth-order valence-corrected chi connectivity index (χ4v) is 2.91. The van der Waals surface area contributed by atoms with Gasteiger partial charge in [-0.25, -0.2) is 0 Å². The molecule has 0 aliphatic heterocycles. The number of carbonyl (C=O) groups is 1. The van der Waals surface area contributed by atoms with Crippen LogP contribution in [0.2, 0.25) is 0 Å². The Bertz CT molecular complexity index is 271. The van der Waals surface area contributed by atoms with E-state index < -0.39 is 5.97 Å². The van der Waals surface area contributed by atoms with E-state index >= 15 is 0 Å². The van der Waals surface area contributed by atoms with Crippen LogP contribution >= 0.6 is 0 Å². The highest BCUT2D eigenvalue weighted by molar-refractivity contribution is 5.66. The number of carboxylic acid groups (broad SMARTS) is 1. The zero-order valence-corrected chi connectivity index (χ0v) is 18.1. The summed E-state index contributed by atoms with van der Waals surface area (Å²) in [6, 6.07) is 0. The standard InChI is InChI=1S/C18H36O2.C4H12N2/c1-2-3-4-5-6-7-8-9-10-11-12-13-14-15-16-17-18(19)20;1-6(2)4-3-5/h2-17H2,1H3,(H,19,20);3-5H2,1-2H3. The van der Waals surface area contributed by atoms with Crippen molar-refractivity contribution in [1.29, 1.82) is 0 Å². The Kier molecular flexibility index (Phi) is 25.9. The molecule has 0 aliphatic carbocycles. The predicted molar refractivity (Wildman–Crippen MR) is 115 cm³/mol. The molecule has 158 valence electrons. The van der Waals surface area contributed by atoms with Crippen molar-refractivity contribution < 1.29 is 9.90 Å². The van der Waals surface area contributed by atoms with Crippen LogP contribution in [0, 0.1) is 0 Å². The lowest BCUT2D eigenvalue weighted by atomic mass is 10.0. The number of nitrogens with two attached hydrogens (primary N) is 1. The molecule has 0 aromatic carbocycles. The normalized spacial score (nSPS) is 10.7. The fraction of sp³-hybridized carbons (Fsp3) is 0.955. The van der Waals surface area contributed by atoms with Crippen molar-refractivity contribution in [2.24, 2.45) is 5.73 Å². The molecule has 0 aromatic rings. The monoisotopic (exact) mass is 372 g/mol. The maximum absolute atomic E-state index is 10.3. The summed E-state index contributed by atoms with van der Waals surface area (Å²) >= 11 is 0. The molecule has 0 rings (SSSR count). The van der Waals surface area contributed by atoms with Gasteiger partial charge in [0.1, 0.15) is 0 Å². The SMILES string of the molecule is CCCCCCCCCCCCCCCCCC(=O)O.CN(C)CCN. The highest BCUT2D eigenvalue weighted by atomic mass is 16.4. The number of rotatable bonds is 18. The molecule has 0 spiro atoms. The van der Waals surface area contributed by atoms with Crippen molar-refractivity contribution in [2.75, 3.05) is 27.2 Å². The van der Waals surface area contributed by atoms with Gasteiger partial charge in [0.15, 0.2) is 0 Å². The van der Waals surface area contributed by atoms with Crippen LogP contribution in [0.25, 0.3) is 0 Å². The lowest BCUT2D eigenvalue weighted by Gasteiger charge is -2.03. The van der Waals surface area contributed by atoms with Crippen LogP contribution in [0.1, 0.15) is 110 Å². The van der Waals surface area contributed by atoms with E-state index in [1.807, 2.05) is 14.1 Å². The van der Waals surface area contributed by atoms with E-state index in [2.05, 4.69) is 11.8 Å². The molecule has 0 fully saturated rings. The number of nitrogens with zero attached hydrogens (tertiary/aromatic N) is 1. The first kappa shape index (κ1) is 27.6. The second kappa shape index (κ2) is 24.4. The van der Waals surface area contributed by atoms with Gasteiger partial charge in [0.05, 0.1) is 0 Å². The molecule has 0 unspecified atom stereocenters. The van der Waals surface area contributed by atoms with Crippen molar-refractivity contribution in [3.8, 4) is 0 Å². The molecule has 0 saturated heterocycles. The van der Waals surface area contributed by atoms with E-state index in [4.69, 9.17) is 10.8 Å². The van der Waals surface area contributed by atoms with Gasteiger partial charge in [-0.15, -0.1) is 0 Å². The number of unbranched alkanes of at least 4 members (excludes halogenated alkanes) is 14. The van der Waals surface area contributed by atoms with Gasteiger partial charge < -0.3 is 15.7 Å². The molecule has 0 heterocycles. The highest BCUT2D eigenvalue weighted by Crippen LogP contribution is 2.13. The van der Waals surface area contributed by atoms with Crippen LogP contribution in [0.5, 0.6) is 0 Å². The quantitative estimate of drug-likeness (QED) is 0.297. The van der Waals surface area contributed by atoms with Crippen LogP contribution in [0.3, 0.4) is 0 Å². The molecule has 0 radical (unpaired) electrons. The summed E-state index contributed by atoms with van der Waals surface area (Å²) in [5, 5.41) is 8.52. The zero-order chi connectivity index (χ0) is 19.9. The molecule has 4 heteroatoms. The van der Waals surface area contributed by atoms with Crippen LogP contribution in [0.4, 0.5) is 0 Å². The average molecular weight is 373 g/mol. The number of hydrogen-bond donors (Lipinski definition) is 2. The smallest absolute Gasteiger partial charge is 0.303 e. The van der Waals surface area contributed by atoms with E-state index in [1.165, 1.54) is 83.5 Å². The first-order valence-electron chi connectivity index (χ1n) is 11.1. The Morgan fingerprint density at radius 3 is 1.31 bits per heavy atom. The number of aliphatic carboxylic acids is 1. The molecule has 4 nitrogen and oxygen atoms in total. The predicted octanol–water partition coefficient (Wildman–Crippen LogP) is 5.84. The summed E-state index contributed by atoms with van der Waals surface area (Å²) < 4.78 is 0. The van der Waals surface area contributed by atoms with Crippen LogP contribution in [-0.2, 0) is 4.79 Å². The summed E-state index contributed by atoms with van der Waals surface area (Å²) in [5.74, 6) is -0.653. The van der Waals surface area contributed by atoms with E-state index in [0.717, 1.165) is 25.9 Å². The second-order valence-corrected chi connectivity index (χ2v) is 7.69. The molecular formula is C22H48N2O2. The van der Waals surface area contributed by atoms with Gasteiger partial charge in [-0.2, -0.15) is 0 Å². The van der Waals surface area contributed by atoms with Gasteiger partial charge in [-0.3, -0.25) is 4.79 Å². The van der Waals surface area contributed by atoms with E-state index in [1.54, 1.807) is 0 Å². The summed E-state index contributed by atoms with van der Waals surface area (Å²) in [6.07, 6.45) is 20.2. The molecule has 0 atom stereocenters. The Morgan fingerprint density at radius 2 is 1.08 bits per heavy atom. The summed E-state index contributed by atoms with van der Waals surface area (Å²) in [5.41, 5.74) is 5.19. The van der Waals surface area contributed by atoms with Crippen LogP contribution in [0.15, 0.2) is 0 Å². The van der Waals surface area contributed by atoms with Crippen molar-refractivity contribution in [2.45, 2.75) is 110 Å². The minimum absolute atomic E-state index is 0.345. The number of likely N-dealkylation sites (N-methyl/N-ethyl adjacent to an activating group) is 1. The van der Waals surface area contributed by atoms with Crippen LogP contribution < -0.4 is 5.73 Å². The molecule has 0 saturated carbocycles. The van der Waals surface area contributed by atoms with Crippen LogP contribution in [-0.4, -0.2) is 43.2 Å². The molecule has 0 aromatic heterocycles. The van der Waals surface area contributed by atoms with Gasteiger partial charge in [0.25, 0.3) is 0 Å². The third kappa shape index (κ3) is 31.2. The lowest BCUT2D eigenvalue weighted by molar-refractivity contribution is -0.137. The lowest BCUT2D eigenvalue weighted by Crippen LogP contribution is -2.20. The topological polar surface area (TPSA) is 66.6 Å². The molecule has 0 amide bonds. The van der Waals surface area contributed by atoms with Gasteiger partial charge in [0.2, 0.25) is 0 Å². The second-order valence-electron chi connectivity index (χ2n) is 7.69. The zero-order valence-electron chi connectivity index (χ0n) is 18.1. The maximum Gasteiger partial charge on any atom is 0.303 e. The average Bonchev–Trinajstić information content (AvgIpc) is 2.58. The van der Waals surface area contributed by atoms with Crippen molar-refractivity contribution in [1.82, 2.24) is 4.90 Å². The molecule has 0 aliphatic rings. The molecule has 0 bridgehead atoms.